The molecule has 0 aliphatic rings. The molecule has 0 saturated heterocycles. The highest BCUT2D eigenvalue weighted by Gasteiger charge is 2.26. The van der Waals surface area contributed by atoms with Gasteiger partial charge in [0.15, 0.2) is 0 Å². The highest BCUT2D eigenvalue weighted by Crippen LogP contribution is 2.26. The number of nitrogens with zero attached hydrogens (tertiary/aromatic N) is 1. The second-order valence-corrected chi connectivity index (χ2v) is 5.20. The lowest BCUT2D eigenvalue weighted by molar-refractivity contribution is -0.139. The van der Waals surface area contributed by atoms with E-state index in [1.165, 1.54) is 0 Å². The van der Waals surface area contributed by atoms with Gasteiger partial charge in [-0.2, -0.15) is 0 Å². The van der Waals surface area contributed by atoms with E-state index < -0.39 is 17.9 Å². The van der Waals surface area contributed by atoms with E-state index in [4.69, 9.17) is 4.52 Å². The third-order valence-corrected chi connectivity index (χ3v) is 3.54. The zero-order valence-corrected chi connectivity index (χ0v) is 13.2. The van der Waals surface area contributed by atoms with Crippen molar-refractivity contribution in [1.29, 1.82) is 0 Å². The molecule has 6 heteroatoms. The fraction of sp³-hybridized carbons (Fsp3) is 0.353. The fourth-order valence-corrected chi connectivity index (χ4v) is 2.37. The van der Waals surface area contributed by atoms with Crippen molar-refractivity contribution in [1.82, 2.24) is 10.5 Å². The van der Waals surface area contributed by atoms with Gasteiger partial charge in [0.2, 0.25) is 0 Å². The SMILES string of the molecule is CCCC(NC(=O)c1c(-c2ccccc2)noc1CC)C(=O)O. The molecule has 0 spiro atoms. The summed E-state index contributed by atoms with van der Waals surface area (Å²) in [6.45, 7) is 3.72. The lowest BCUT2D eigenvalue weighted by Gasteiger charge is -2.13. The number of carboxylic acids is 1. The largest absolute Gasteiger partial charge is 0.480 e. The molecule has 1 atom stereocenters. The molecule has 122 valence electrons. The molecular formula is C17H20N2O4. The molecule has 1 aromatic heterocycles. The molecule has 0 radical (unpaired) electrons. The van der Waals surface area contributed by atoms with E-state index in [-0.39, 0.29) is 0 Å². The Bertz CT molecular complexity index is 679. The Labute approximate surface area is 134 Å². The van der Waals surface area contributed by atoms with Gasteiger partial charge in [0, 0.05) is 12.0 Å². The van der Waals surface area contributed by atoms with E-state index in [0.717, 1.165) is 5.56 Å². The van der Waals surface area contributed by atoms with Crippen LogP contribution in [-0.2, 0) is 11.2 Å². The first-order chi connectivity index (χ1) is 11.1. The predicted octanol–water partition coefficient (Wildman–Crippen LogP) is 2.89. The van der Waals surface area contributed by atoms with Crippen LogP contribution >= 0.6 is 0 Å². The number of amides is 1. The van der Waals surface area contributed by atoms with Gasteiger partial charge in [-0.3, -0.25) is 4.79 Å². The molecule has 0 saturated carbocycles. The number of carbonyl (C=O) groups is 2. The quantitative estimate of drug-likeness (QED) is 0.819. The highest BCUT2D eigenvalue weighted by atomic mass is 16.5. The standard InChI is InChI=1S/C17H20N2O4/c1-3-8-12(17(21)22)18-16(20)14-13(4-2)23-19-15(14)11-9-6-5-7-10-11/h5-7,9-10,12H,3-4,8H2,1-2H3,(H,18,20)(H,21,22). The Kier molecular flexibility index (Phi) is 5.51. The van der Waals surface area contributed by atoms with Crippen molar-refractivity contribution in [3.05, 3.63) is 41.7 Å². The third kappa shape index (κ3) is 3.77. The Balaban J connectivity index is 2.35. The van der Waals surface area contributed by atoms with Crippen LogP contribution in [-0.4, -0.2) is 28.2 Å². The average molecular weight is 316 g/mol. The summed E-state index contributed by atoms with van der Waals surface area (Å²) in [5, 5.41) is 15.8. The van der Waals surface area contributed by atoms with Crippen LogP contribution in [0.1, 0.15) is 42.8 Å². The zero-order chi connectivity index (χ0) is 16.8. The number of aliphatic carboxylic acids is 1. The van der Waals surface area contributed by atoms with Crippen LogP contribution in [0.5, 0.6) is 0 Å². The number of hydrogen-bond acceptors (Lipinski definition) is 4. The van der Waals surface area contributed by atoms with Crippen molar-refractivity contribution < 1.29 is 19.2 Å². The summed E-state index contributed by atoms with van der Waals surface area (Å²) in [5.41, 5.74) is 1.49. The molecule has 2 N–H and O–H groups in total. The molecule has 2 aromatic rings. The summed E-state index contributed by atoms with van der Waals surface area (Å²) in [6.07, 6.45) is 1.52. The van der Waals surface area contributed by atoms with Crippen molar-refractivity contribution in [2.24, 2.45) is 0 Å². The molecule has 1 unspecified atom stereocenters. The summed E-state index contributed by atoms with van der Waals surface area (Å²) >= 11 is 0. The molecular weight excluding hydrogens is 296 g/mol. The summed E-state index contributed by atoms with van der Waals surface area (Å²) in [6, 6.07) is 8.29. The van der Waals surface area contributed by atoms with Gasteiger partial charge in [0.1, 0.15) is 23.1 Å². The van der Waals surface area contributed by atoms with Crippen LogP contribution in [0, 0.1) is 0 Å². The molecule has 0 bridgehead atoms. The minimum atomic E-state index is -1.05. The maximum atomic E-state index is 12.6. The summed E-state index contributed by atoms with van der Waals surface area (Å²) in [5.74, 6) is -1.07. The molecule has 2 rings (SSSR count). The first kappa shape index (κ1) is 16.7. The van der Waals surface area contributed by atoms with E-state index in [1.807, 2.05) is 44.2 Å². The van der Waals surface area contributed by atoms with Crippen molar-refractivity contribution in [3.8, 4) is 11.3 Å². The van der Waals surface area contributed by atoms with E-state index >= 15 is 0 Å². The second kappa shape index (κ2) is 7.58. The number of hydrogen-bond donors (Lipinski definition) is 2. The molecule has 0 fully saturated rings. The minimum Gasteiger partial charge on any atom is -0.480 e. The first-order valence-electron chi connectivity index (χ1n) is 7.66. The van der Waals surface area contributed by atoms with Gasteiger partial charge >= 0.3 is 5.97 Å². The van der Waals surface area contributed by atoms with Crippen LogP contribution in [0.25, 0.3) is 11.3 Å². The number of carboxylic acid groups (broad SMARTS) is 1. The lowest BCUT2D eigenvalue weighted by atomic mass is 10.0. The second-order valence-electron chi connectivity index (χ2n) is 5.20. The number of carbonyl (C=O) groups excluding carboxylic acids is 1. The van der Waals surface area contributed by atoms with Crippen molar-refractivity contribution in [2.75, 3.05) is 0 Å². The molecule has 1 aromatic carbocycles. The Hall–Kier alpha value is -2.63. The van der Waals surface area contributed by atoms with E-state index in [1.54, 1.807) is 0 Å². The van der Waals surface area contributed by atoms with Gasteiger partial charge in [-0.15, -0.1) is 0 Å². The van der Waals surface area contributed by atoms with Crippen molar-refractivity contribution in [2.45, 2.75) is 39.2 Å². The van der Waals surface area contributed by atoms with E-state index in [9.17, 15) is 14.7 Å². The molecule has 1 amide bonds. The number of aromatic nitrogens is 1. The van der Waals surface area contributed by atoms with Gasteiger partial charge in [0.25, 0.3) is 5.91 Å². The number of benzene rings is 1. The average Bonchev–Trinajstić information content (AvgIpc) is 2.99. The van der Waals surface area contributed by atoms with E-state index in [2.05, 4.69) is 10.5 Å². The Morgan fingerprint density at radius 1 is 1.26 bits per heavy atom. The highest BCUT2D eigenvalue weighted by molar-refractivity contribution is 6.02. The van der Waals surface area contributed by atoms with E-state index in [0.29, 0.717) is 36.3 Å². The molecule has 0 aliphatic carbocycles. The van der Waals surface area contributed by atoms with Crippen molar-refractivity contribution >= 4 is 11.9 Å². The summed E-state index contributed by atoms with van der Waals surface area (Å²) < 4.78 is 5.26. The predicted molar refractivity (Wildman–Crippen MR) is 85.1 cm³/mol. The minimum absolute atomic E-state index is 0.307. The maximum absolute atomic E-state index is 12.6. The zero-order valence-electron chi connectivity index (χ0n) is 13.2. The molecule has 6 nitrogen and oxygen atoms in total. The van der Waals surface area contributed by atoms with Crippen LogP contribution in [0.3, 0.4) is 0 Å². The molecule has 23 heavy (non-hydrogen) atoms. The lowest BCUT2D eigenvalue weighted by Crippen LogP contribution is -2.41. The van der Waals surface area contributed by atoms with Gasteiger partial charge in [-0.05, 0) is 6.42 Å². The summed E-state index contributed by atoms with van der Waals surface area (Å²) in [4.78, 5) is 23.8. The Morgan fingerprint density at radius 2 is 1.96 bits per heavy atom. The van der Waals surface area contributed by atoms with Crippen LogP contribution in [0.15, 0.2) is 34.9 Å². The normalized spacial score (nSPS) is 11.9. The first-order valence-corrected chi connectivity index (χ1v) is 7.66. The summed E-state index contributed by atoms with van der Waals surface area (Å²) in [7, 11) is 0. The molecule has 0 aliphatic heterocycles. The topological polar surface area (TPSA) is 92.4 Å². The molecule has 1 heterocycles. The van der Waals surface area contributed by atoms with Gasteiger partial charge in [-0.25, -0.2) is 4.79 Å². The fourth-order valence-electron chi connectivity index (χ4n) is 2.37. The Morgan fingerprint density at radius 3 is 2.52 bits per heavy atom. The number of nitrogens with one attached hydrogen (secondary N) is 1. The number of rotatable bonds is 7. The van der Waals surface area contributed by atoms with Crippen LogP contribution in [0.4, 0.5) is 0 Å². The van der Waals surface area contributed by atoms with Crippen molar-refractivity contribution in [3.63, 3.8) is 0 Å². The number of aryl methyl sites for hydroxylation is 1. The van der Waals surface area contributed by atoms with Crippen LogP contribution in [0.2, 0.25) is 0 Å². The third-order valence-electron chi connectivity index (χ3n) is 3.54. The smallest absolute Gasteiger partial charge is 0.326 e. The van der Waals surface area contributed by atoms with Gasteiger partial charge in [-0.1, -0.05) is 55.8 Å². The maximum Gasteiger partial charge on any atom is 0.326 e. The van der Waals surface area contributed by atoms with Crippen LogP contribution < -0.4 is 5.32 Å². The monoisotopic (exact) mass is 316 g/mol. The van der Waals surface area contributed by atoms with Gasteiger partial charge in [0.05, 0.1) is 0 Å². The van der Waals surface area contributed by atoms with Gasteiger partial charge < -0.3 is 14.9 Å².